The molecule has 96 valence electrons. The number of rotatable bonds is 2. The molecule has 1 aromatic rings. The topological polar surface area (TPSA) is 70.4 Å². The van der Waals surface area contributed by atoms with Crippen molar-refractivity contribution in [3.63, 3.8) is 0 Å². The molecule has 0 N–H and O–H groups in total. The number of nitriles is 1. The van der Waals surface area contributed by atoms with Crippen molar-refractivity contribution in [3.05, 3.63) is 35.9 Å². The molecule has 0 spiro atoms. The fourth-order valence-corrected chi connectivity index (χ4v) is 3.64. The van der Waals surface area contributed by atoms with Gasteiger partial charge in [0.05, 0.1) is 12.1 Å². The van der Waals surface area contributed by atoms with Gasteiger partial charge in [-0.3, -0.25) is 4.84 Å². The Balaban J connectivity index is 2.48. The highest BCUT2D eigenvalue weighted by Crippen LogP contribution is 2.36. The molecule has 1 aliphatic heterocycles. The summed E-state index contributed by atoms with van der Waals surface area (Å²) in [5, 5.41) is 9.60. The first-order chi connectivity index (χ1) is 8.45. The van der Waals surface area contributed by atoms with Gasteiger partial charge < -0.3 is 0 Å². The maximum absolute atomic E-state index is 11.9. The van der Waals surface area contributed by atoms with Crippen LogP contribution in [0.5, 0.6) is 0 Å². The van der Waals surface area contributed by atoms with Gasteiger partial charge in [0.25, 0.3) is 0 Å². The third-order valence-corrected chi connectivity index (χ3v) is 4.54. The van der Waals surface area contributed by atoms with Crippen LogP contribution in [0, 0.1) is 11.3 Å². The van der Waals surface area contributed by atoms with Gasteiger partial charge in [0.1, 0.15) is 5.25 Å². The minimum absolute atomic E-state index is 0.453. The van der Waals surface area contributed by atoms with Gasteiger partial charge in [-0.15, -0.1) is 0 Å². The lowest BCUT2D eigenvalue weighted by Crippen LogP contribution is -2.33. The number of sulfone groups is 1. The molecule has 0 bridgehead atoms. The molecule has 0 amide bonds. The third-order valence-electron chi connectivity index (χ3n) is 3.04. The van der Waals surface area contributed by atoms with E-state index in [1.54, 1.807) is 7.05 Å². The smallest absolute Gasteiger partial charge is 0.184 e. The predicted octanol–water partition coefficient (Wildman–Crippen LogP) is 0.910. The fourth-order valence-electron chi connectivity index (χ4n) is 2.28. The molecule has 1 unspecified atom stereocenters. The van der Waals surface area contributed by atoms with Crippen molar-refractivity contribution >= 4 is 9.84 Å². The van der Waals surface area contributed by atoms with Crippen LogP contribution >= 0.6 is 0 Å². The molecule has 0 saturated carbocycles. The van der Waals surface area contributed by atoms with E-state index in [0.717, 1.165) is 11.8 Å². The van der Waals surface area contributed by atoms with Gasteiger partial charge in [-0.25, -0.2) is 8.42 Å². The van der Waals surface area contributed by atoms with Crippen LogP contribution in [0.1, 0.15) is 11.6 Å². The van der Waals surface area contributed by atoms with Crippen LogP contribution in [0.4, 0.5) is 0 Å². The Morgan fingerprint density at radius 3 is 2.44 bits per heavy atom. The Labute approximate surface area is 106 Å². The largest absolute Gasteiger partial charge is 0.279 e. The minimum Gasteiger partial charge on any atom is -0.279 e. The molecule has 0 aromatic heterocycles. The molecule has 6 heteroatoms. The monoisotopic (exact) mass is 266 g/mol. The van der Waals surface area contributed by atoms with Crippen LogP contribution in [0.3, 0.4) is 0 Å². The molecule has 2 rings (SSSR count). The van der Waals surface area contributed by atoms with Crippen molar-refractivity contribution in [1.29, 1.82) is 5.26 Å². The second-order valence-electron chi connectivity index (χ2n) is 4.35. The summed E-state index contributed by atoms with van der Waals surface area (Å²) in [5.74, 6) is 0. The van der Waals surface area contributed by atoms with Gasteiger partial charge >= 0.3 is 0 Å². The standard InChI is InChI=1S/C12H14N2O3S/c1-14-11(9-6-4-3-5-7-9)12(18(2,15)16)10(8-13)17-14/h3-7,10-12H,1-2H3/t10-,11?,12-/m1/s1. The molecular formula is C12H14N2O3S. The maximum Gasteiger partial charge on any atom is 0.184 e. The van der Waals surface area contributed by atoms with Gasteiger partial charge in [-0.1, -0.05) is 30.3 Å². The summed E-state index contributed by atoms with van der Waals surface area (Å²) in [6.07, 6.45) is 0.177. The molecule has 0 radical (unpaired) electrons. The van der Waals surface area contributed by atoms with Crippen LogP contribution in [-0.4, -0.2) is 38.1 Å². The third kappa shape index (κ3) is 2.25. The van der Waals surface area contributed by atoms with Crippen molar-refractivity contribution in [2.45, 2.75) is 17.4 Å². The zero-order valence-corrected chi connectivity index (χ0v) is 11.0. The highest BCUT2D eigenvalue weighted by atomic mass is 32.2. The Hall–Kier alpha value is -1.42. The zero-order valence-electron chi connectivity index (χ0n) is 10.1. The van der Waals surface area contributed by atoms with Crippen LogP contribution in [0.15, 0.2) is 30.3 Å². The van der Waals surface area contributed by atoms with E-state index in [1.807, 2.05) is 36.4 Å². The highest BCUT2D eigenvalue weighted by molar-refractivity contribution is 7.91. The second kappa shape index (κ2) is 4.69. The lowest BCUT2D eigenvalue weighted by molar-refractivity contribution is -0.129. The van der Waals surface area contributed by atoms with Gasteiger partial charge in [-0.05, 0) is 5.56 Å². The van der Waals surface area contributed by atoms with E-state index in [2.05, 4.69) is 0 Å². The molecule has 1 heterocycles. The van der Waals surface area contributed by atoms with E-state index in [0.29, 0.717) is 0 Å². The Morgan fingerprint density at radius 2 is 1.94 bits per heavy atom. The Bertz CT molecular complexity index is 565. The van der Waals surface area contributed by atoms with E-state index in [1.165, 1.54) is 5.06 Å². The highest BCUT2D eigenvalue weighted by Gasteiger charge is 2.48. The molecule has 5 nitrogen and oxygen atoms in total. The van der Waals surface area contributed by atoms with Crippen molar-refractivity contribution in [2.24, 2.45) is 0 Å². The van der Waals surface area contributed by atoms with Crippen LogP contribution < -0.4 is 0 Å². The van der Waals surface area contributed by atoms with Crippen LogP contribution in [0.2, 0.25) is 0 Å². The van der Waals surface area contributed by atoms with E-state index >= 15 is 0 Å². The van der Waals surface area contributed by atoms with Crippen molar-refractivity contribution < 1.29 is 13.3 Å². The number of hydrogen-bond donors (Lipinski definition) is 0. The molecule has 1 aliphatic rings. The van der Waals surface area contributed by atoms with Crippen molar-refractivity contribution in [2.75, 3.05) is 13.3 Å². The summed E-state index contributed by atoms with van der Waals surface area (Å²) in [6.45, 7) is 0. The van der Waals surface area contributed by atoms with E-state index in [9.17, 15) is 8.42 Å². The minimum atomic E-state index is -3.38. The van der Waals surface area contributed by atoms with Gasteiger partial charge in [0.2, 0.25) is 0 Å². The molecule has 18 heavy (non-hydrogen) atoms. The average Bonchev–Trinajstić information content (AvgIpc) is 2.67. The van der Waals surface area contributed by atoms with Gasteiger partial charge in [0.15, 0.2) is 15.9 Å². The normalized spacial score (nSPS) is 29.1. The van der Waals surface area contributed by atoms with Crippen molar-refractivity contribution in [1.82, 2.24) is 5.06 Å². The Morgan fingerprint density at radius 1 is 1.33 bits per heavy atom. The number of benzene rings is 1. The van der Waals surface area contributed by atoms with Crippen LogP contribution in [-0.2, 0) is 14.7 Å². The first-order valence-electron chi connectivity index (χ1n) is 5.48. The lowest BCUT2D eigenvalue weighted by Gasteiger charge is -2.21. The number of nitrogens with zero attached hydrogens (tertiary/aromatic N) is 2. The summed E-state index contributed by atoms with van der Waals surface area (Å²) in [5.41, 5.74) is 0.827. The summed E-state index contributed by atoms with van der Waals surface area (Å²) in [4.78, 5) is 5.31. The summed E-state index contributed by atoms with van der Waals surface area (Å²) in [7, 11) is -1.74. The SMILES string of the molecule is CN1O[C@H](C#N)[C@@H](S(C)(=O)=O)C1c1ccccc1. The number of hydroxylamine groups is 2. The Kier molecular flexibility index (Phi) is 3.39. The first-order valence-corrected chi connectivity index (χ1v) is 7.43. The summed E-state index contributed by atoms with van der Waals surface area (Å²) in [6, 6.07) is 10.7. The first kappa shape index (κ1) is 13.0. The molecular weight excluding hydrogens is 252 g/mol. The molecule has 1 aromatic carbocycles. The molecule has 3 atom stereocenters. The summed E-state index contributed by atoms with van der Waals surface area (Å²) >= 11 is 0. The van der Waals surface area contributed by atoms with Gasteiger partial charge in [-0.2, -0.15) is 10.3 Å². The van der Waals surface area contributed by atoms with E-state index < -0.39 is 27.2 Å². The second-order valence-corrected chi connectivity index (χ2v) is 6.55. The van der Waals surface area contributed by atoms with Crippen LogP contribution in [0.25, 0.3) is 0 Å². The fraction of sp³-hybridized carbons (Fsp3) is 0.417. The average molecular weight is 266 g/mol. The van der Waals surface area contributed by atoms with E-state index in [-0.39, 0.29) is 0 Å². The lowest BCUT2D eigenvalue weighted by atomic mass is 10.0. The number of hydrogen-bond acceptors (Lipinski definition) is 5. The van der Waals surface area contributed by atoms with Crippen molar-refractivity contribution in [3.8, 4) is 6.07 Å². The van der Waals surface area contributed by atoms with Gasteiger partial charge in [0, 0.05) is 13.3 Å². The predicted molar refractivity (Wildman–Crippen MR) is 66.1 cm³/mol. The molecule has 1 saturated heterocycles. The zero-order chi connectivity index (χ0) is 13.3. The van der Waals surface area contributed by atoms with E-state index in [4.69, 9.17) is 10.1 Å². The quantitative estimate of drug-likeness (QED) is 0.795. The molecule has 0 aliphatic carbocycles. The summed E-state index contributed by atoms with van der Waals surface area (Å²) < 4.78 is 23.7. The maximum atomic E-state index is 11.9. The molecule has 1 fully saturated rings.